The molecule has 0 aliphatic carbocycles. The van der Waals surface area contributed by atoms with E-state index in [0.717, 1.165) is 64.2 Å². The highest BCUT2D eigenvalue weighted by Crippen LogP contribution is 2.38. The Bertz CT molecular complexity index is 886. The maximum atomic E-state index is 12.6. The van der Waals surface area contributed by atoms with E-state index >= 15 is 0 Å². The van der Waals surface area contributed by atoms with Crippen molar-refractivity contribution in [2.75, 3.05) is 47.5 Å². The van der Waals surface area contributed by atoms with Gasteiger partial charge in [0.05, 0.1) is 27.7 Å². The number of carbonyl (C=O) groups excluding carboxylic acids is 2. The molecular weight excluding hydrogens is 629 g/mol. The summed E-state index contributed by atoms with van der Waals surface area (Å²) in [6, 6.07) is 0. The van der Waals surface area contributed by atoms with E-state index in [0.29, 0.717) is 23.9 Å². The van der Waals surface area contributed by atoms with Gasteiger partial charge < -0.3 is 27.9 Å². The molecule has 0 aliphatic heterocycles. The van der Waals surface area contributed by atoms with Gasteiger partial charge in [-0.3, -0.25) is 14.2 Å². The van der Waals surface area contributed by atoms with Crippen LogP contribution < -0.4 is 4.89 Å². The SMILES string of the molecule is CCCC/C=C/C/C=C/CCCCCCCC(=O)OC[C@@H](COP(=O)([O-])OCC[N+](C)(C)C)OC(=O)CCCCCCCCCCCC. The van der Waals surface area contributed by atoms with Gasteiger partial charge in [-0.2, -0.15) is 0 Å². The first-order chi connectivity index (χ1) is 23.0. The fraction of sp³-hybridized carbons (Fsp3) is 0.842. The molecule has 0 amide bonds. The third-order valence-electron chi connectivity index (χ3n) is 7.97. The van der Waals surface area contributed by atoms with E-state index in [1.165, 1.54) is 51.4 Å². The van der Waals surface area contributed by atoms with E-state index in [1.807, 2.05) is 21.1 Å². The Morgan fingerprint density at radius 2 is 1.15 bits per heavy atom. The van der Waals surface area contributed by atoms with E-state index < -0.39 is 32.5 Å². The number of unbranched alkanes of at least 4 members (excludes halogenated alkanes) is 16. The summed E-state index contributed by atoms with van der Waals surface area (Å²) in [7, 11) is 1.16. The highest BCUT2D eigenvalue weighted by molar-refractivity contribution is 7.45. The molecule has 1 unspecified atom stereocenters. The molecule has 0 saturated heterocycles. The first kappa shape index (κ1) is 46.5. The molecule has 10 heteroatoms. The van der Waals surface area contributed by atoms with Gasteiger partial charge in [0, 0.05) is 12.8 Å². The number of quaternary nitrogens is 1. The van der Waals surface area contributed by atoms with Gasteiger partial charge in [-0.25, -0.2) is 0 Å². The minimum Gasteiger partial charge on any atom is -0.756 e. The summed E-state index contributed by atoms with van der Waals surface area (Å²) in [5.41, 5.74) is 0. The summed E-state index contributed by atoms with van der Waals surface area (Å²) in [6.45, 7) is 4.14. The molecule has 2 atom stereocenters. The molecule has 0 fully saturated rings. The van der Waals surface area contributed by atoms with Gasteiger partial charge in [0.25, 0.3) is 7.82 Å². The number of hydrogen-bond acceptors (Lipinski definition) is 8. The van der Waals surface area contributed by atoms with Gasteiger partial charge in [-0.1, -0.05) is 128 Å². The monoisotopic (exact) mass is 701 g/mol. The first-order valence-corrected chi connectivity index (χ1v) is 20.5. The number of rotatable bonds is 34. The number of esters is 2. The Labute approximate surface area is 294 Å². The van der Waals surface area contributed by atoms with Crippen LogP contribution in [0.25, 0.3) is 0 Å². The van der Waals surface area contributed by atoms with Crippen LogP contribution in [0.3, 0.4) is 0 Å². The molecule has 282 valence electrons. The van der Waals surface area contributed by atoms with Crippen molar-refractivity contribution in [3.05, 3.63) is 24.3 Å². The predicted molar refractivity (Wildman–Crippen MR) is 194 cm³/mol. The van der Waals surface area contributed by atoms with Crippen LogP contribution in [-0.2, 0) is 32.7 Å². The number of hydrogen-bond donors (Lipinski definition) is 0. The lowest BCUT2D eigenvalue weighted by atomic mass is 10.1. The summed E-state index contributed by atoms with van der Waals surface area (Å²) < 4.78 is 33.7. The van der Waals surface area contributed by atoms with Crippen molar-refractivity contribution >= 4 is 19.8 Å². The lowest BCUT2D eigenvalue weighted by Crippen LogP contribution is -2.37. The van der Waals surface area contributed by atoms with Crippen LogP contribution in [0.1, 0.15) is 155 Å². The summed E-state index contributed by atoms with van der Waals surface area (Å²) in [6.07, 6.45) is 30.6. The molecule has 0 bridgehead atoms. The summed E-state index contributed by atoms with van der Waals surface area (Å²) in [5.74, 6) is -0.852. The quantitative estimate of drug-likeness (QED) is 0.0215. The van der Waals surface area contributed by atoms with Crippen molar-refractivity contribution in [3.63, 3.8) is 0 Å². The molecule has 0 N–H and O–H groups in total. The van der Waals surface area contributed by atoms with E-state index in [4.69, 9.17) is 18.5 Å². The average Bonchev–Trinajstić information content (AvgIpc) is 3.02. The van der Waals surface area contributed by atoms with Crippen LogP contribution in [0.4, 0.5) is 0 Å². The molecule has 0 saturated carbocycles. The fourth-order valence-electron chi connectivity index (χ4n) is 4.90. The molecule has 0 rings (SSSR count). The molecule has 0 spiro atoms. The molecule has 0 aromatic heterocycles. The lowest BCUT2D eigenvalue weighted by molar-refractivity contribution is -0.870. The third-order valence-corrected chi connectivity index (χ3v) is 8.94. The zero-order chi connectivity index (χ0) is 35.8. The minimum absolute atomic E-state index is 0.0318. The van der Waals surface area contributed by atoms with Gasteiger partial charge in [-0.15, -0.1) is 0 Å². The van der Waals surface area contributed by atoms with Crippen molar-refractivity contribution < 1.29 is 42.1 Å². The molecule has 0 aliphatic rings. The second-order valence-corrected chi connectivity index (χ2v) is 15.4. The Balaban J connectivity index is 4.45. The van der Waals surface area contributed by atoms with Gasteiger partial charge in [0.15, 0.2) is 6.10 Å². The predicted octanol–water partition coefficient (Wildman–Crippen LogP) is 9.38. The van der Waals surface area contributed by atoms with Crippen LogP contribution in [0.5, 0.6) is 0 Å². The molecule has 0 heterocycles. The van der Waals surface area contributed by atoms with Crippen LogP contribution >= 0.6 is 7.82 Å². The molecule has 0 aromatic rings. The fourth-order valence-corrected chi connectivity index (χ4v) is 5.63. The molecule has 9 nitrogen and oxygen atoms in total. The summed E-state index contributed by atoms with van der Waals surface area (Å²) in [4.78, 5) is 37.2. The molecule has 0 radical (unpaired) electrons. The van der Waals surface area contributed by atoms with Gasteiger partial charge in [0.2, 0.25) is 0 Å². The van der Waals surface area contributed by atoms with Crippen LogP contribution in [0.2, 0.25) is 0 Å². The van der Waals surface area contributed by atoms with Gasteiger partial charge in [0.1, 0.15) is 19.8 Å². The number of likely N-dealkylation sites (N-methyl/N-ethyl adjacent to an activating group) is 1. The lowest BCUT2D eigenvalue weighted by Gasteiger charge is -2.28. The number of phosphoric acid groups is 1. The minimum atomic E-state index is -4.61. The van der Waals surface area contributed by atoms with Crippen LogP contribution in [0.15, 0.2) is 24.3 Å². The van der Waals surface area contributed by atoms with Crippen molar-refractivity contribution in [3.8, 4) is 0 Å². The van der Waals surface area contributed by atoms with E-state index in [9.17, 15) is 19.0 Å². The zero-order valence-electron chi connectivity index (χ0n) is 31.4. The second kappa shape index (κ2) is 31.5. The first-order valence-electron chi connectivity index (χ1n) is 19.0. The van der Waals surface area contributed by atoms with E-state index in [-0.39, 0.29) is 26.1 Å². The largest absolute Gasteiger partial charge is 0.756 e. The van der Waals surface area contributed by atoms with Crippen LogP contribution in [0, 0.1) is 0 Å². The Hall–Kier alpha value is -1.51. The number of carbonyl (C=O) groups is 2. The standard InChI is InChI=1S/C38H72NO8P/c1-6-8-10-12-14-16-18-19-20-21-23-24-26-28-30-37(40)44-34-36(35-46-48(42,43)45-33-32-39(3,4)5)47-38(41)31-29-27-25-22-17-15-13-11-9-7-2/h12,14,18-19,36H,6-11,13,15-17,20-35H2,1-5H3/b14-12+,19-18+/t36-/m0/s1. The van der Waals surface area contributed by atoms with E-state index in [1.54, 1.807) is 0 Å². The van der Waals surface area contributed by atoms with Crippen molar-refractivity contribution in [2.45, 2.75) is 161 Å². The van der Waals surface area contributed by atoms with E-state index in [2.05, 4.69) is 38.2 Å². The molecule has 0 aromatic carbocycles. The number of nitrogens with zero attached hydrogens (tertiary/aromatic N) is 1. The molecule has 48 heavy (non-hydrogen) atoms. The summed E-state index contributed by atoms with van der Waals surface area (Å²) in [5, 5.41) is 0. The highest BCUT2D eigenvalue weighted by atomic mass is 31.2. The van der Waals surface area contributed by atoms with Crippen LogP contribution in [-0.4, -0.2) is 70.0 Å². The Morgan fingerprint density at radius 3 is 1.71 bits per heavy atom. The highest BCUT2D eigenvalue weighted by Gasteiger charge is 2.21. The Morgan fingerprint density at radius 1 is 0.646 bits per heavy atom. The van der Waals surface area contributed by atoms with Gasteiger partial charge in [-0.05, 0) is 38.5 Å². The van der Waals surface area contributed by atoms with Crippen molar-refractivity contribution in [1.29, 1.82) is 0 Å². The van der Waals surface area contributed by atoms with Gasteiger partial charge >= 0.3 is 11.9 Å². The maximum Gasteiger partial charge on any atom is 0.306 e. The third kappa shape index (κ3) is 34.4. The molecular formula is C38H72NO8P. The zero-order valence-corrected chi connectivity index (χ0v) is 32.3. The van der Waals surface area contributed by atoms with Crippen molar-refractivity contribution in [1.82, 2.24) is 0 Å². The summed E-state index contributed by atoms with van der Waals surface area (Å²) >= 11 is 0. The average molecular weight is 702 g/mol. The smallest absolute Gasteiger partial charge is 0.306 e. The second-order valence-electron chi connectivity index (χ2n) is 13.9. The number of ether oxygens (including phenoxy) is 2. The maximum absolute atomic E-state index is 12.6. The topological polar surface area (TPSA) is 111 Å². The normalized spacial score (nSPS) is 14.0. The number of allylic oxidation sites excluding steroid dienone is 4. The van der Waals surface area contributed by atoms with Crippen molar-refractivity contribution in [2.24, 2.45) is 0 Å². The Kier molecular flexibility index (Phi) is 30.5. The number of phosphoric ester groups is 1.